The minimum absolute atomic E-state index is 0.0167. The molecule has 2 saturated heterocycles. The molecule has 0 bridgehead atoms. The molecule has 2 fully saturated rings. The van der Waals surface area contributed by atoms with Crippen LogP contribution < -0.4 is 0 Å². The van der Waals surface area contributed by atoms with Gasteiger partial charge in [-0.25, -0.2) is 4.79 Å². The molecule has 0 aliphatic carbocycles. The zero-order valence-corrected chi connectivity index (χ0v) is 13.2. The number of rotatable bonds is 3. The van der Waals surface area contributed by atoms with Crippen LogP contribution in [-0.2, 0) is 4.79 Å². The van der Waals surface area contributed by atoms with E-state index in [-0.39, 0.29) is 30.5 Å². The Kier molecular flexibility index (Phi) is 5.75. The standard InChI is InChI=1S/C14H24N2O4S/c1-10(17)11-2-4-15(5-3-11)14(20)16-6-7-21-9-12(16)8-13(18)19/h10-12,17H,2-9H2,1H3,(H,18,19). The lowest BCUT2D eigenvalue weighted by molar-refractivity contribution is -0.138. The van der Waals surface area contributed by atoms with Crippen LogP contribution in [0, 0.1) is 5.92 Å². The summed E-state index contributed by atoms with van der Waals surface area (Å²) in [7, 11) is 0. The number of piperidine rings is 1. The lowest BCUT2D eigenvalue weighted by atomic mass is 9.92. The van der Waals surface area contributed by atoms with E-state index in [1.54, 1.807) is 23.6 Å². The zero-order chi connectivity index (χ0) is 15.4. The molecule has 0 saturated carbocycles. The van der Waals surface area contributed by atoms with Gasteiger partial charge in [-0.05, 0) is 25.7 Å². The molecular weight excluding hydrogens is 292 g/mol. The van der Waals surface area contributed by atoms with Gasteiger partial charge in [0.2, 0.25) is 0 Å². The van der Waals surface area contributed by atoms with Crippen molar-refractivity contribution in [1.82, 2.24) is 9.80 Å². The number of likely N-dealkylation sites (tertiary alicyclic amines) is 1. The van der Waals surface area contributed by atoms with Crippen molar-refractivity contribution in [1.29, 1.82) is 0 Å². The van der Waals surface area contributed by atoms with E-state index in [1.807, 2.05) is 4.90 Å². The van der Waals surface area contributed by atoms with Crippen molar-refractivity contribution in [3.63, 3.8) is 0 Å². The Hall–Kier alpha value is -0.950. The number of carboxylic acid groups (broad SMARTS) is 1. The SMILES string of the molecule is CC(O)C1CCN(C(=O)N2CCSCC2CC(=O)O)CC1. The fourth-order valence-corrected chi connectivity index (χ4v) is 4.09. The molecule has 2 amide bonds. The summed E-state index contributed by atoms with van der Waals surface area (Å²) >= 11 is 1.71. The molecule has 2 aliphatic rings. The van der Waals surface area contributed by atoms with E-state index in [0.29, 0.717) is 25.4 Å². The van der Waals surface area contributed by atoms with Gasteiger partial charge in [0.05, 0.1) is 18.6 Å². The number of hydrogen-bond acceptors (Lipinski definition) is 4. The van der Waals surface area contributed by atoms with Crippen LogP contribution in [0.2, 0.25) is 0 Å². The number of nitrogens with zero attached hydrogens (tertiary/aromatic N) is 2. The number of aliphatic hydroxyl groups is 1. The van der Waals surface area contributed by atoms with Gasteiger partial charge >= 0.3 is 12.0 Å². The fraction of sp³-hybridized carbons (Fsp3) is 0.857. The maximum Gasteiger partial charge on any atom is 0.320 e. The first kappa shape index (κ1) is 16.4. The smallest absolute Gasteiger partial charge is 0.320 e. The van der Waals surface area contributed by atoms with Crippen LogP contribution in [0.3, 0.4) is 0 Å². The summed E-state index contributed by atoms with van der Waals surface area (Å²) in [6.45, 7) is 3.72. The average Bonchev–Trinajstić information content (AvgIpc) is 2.46. The normalized spacial score (nSPS) is 25.7. The van der Waals surface area contributed by atoms with Gasteiger partial charge in [0.25, 0.3) is 0 Å². The predicted octanol–water partition coefficient (Wildman–Crippen LogP) is 1.09. The maximum absolute atomic E-state index is 12.6. The number of thioether (sulfide) groups is 1. The molecule has 0 aromatic rings. The maximum atomic E-state index is 12.6. The number of carbonyl (C=O) groups is 2. The van der Waals surface area contributed by atoms with Crippen molar-refractivity contribution in [3.05, 3.63) is 0 Å². The van der Waals surface area contributed by atoms with Gasteiger partial charge in [-0.2, -0.15) is 11.8 Å². The molecule has 0 aromatic heterocycles. The topological polar surface area (TPSA) is 81.1 Å². The summed E-state index contributed by atoms with van der Waals surface area (Å²) < 4.78 is 0. The highest BCUT2D eigenvalue weighted by molar-refractivity contribution is 7.99. The molecule has 2 unspecified atom stereocenters. The first-order chi connectivity index (χ1) is 9.99. The number of carbonyl (C=O) groups excluding carboxylic acids is 1. The van der Waals surface area contributed by atoms with E-state index in [1.165, 1.54) is 0 Å². The van der Waals surface area contributed by atoms with Gasteiger partial charge in [0, 0.05) is 31.1 Å². The van der Waals surface area contributed by atoms with Crippen LogP contribution >= 0.6 is 11.8 Å². The van der Waals surface area contributed by atoms with Crippen molar-refractivity contribution in [2.45, 2.75) is 38.3 Å². The second-order valence-electron chi connectivity index (χ2n) is 5.87. The average molecular weight is 316 g/mol. The van der Waals surface area contributed by atoms with E-state index >= 15 is 0 Å². The molecule has 2 rings (SSSR count). The molecule has 6 nitrogen and oxygen atoms in total. The van der Waals surface area contributed by atoms with Gasteiger partial charge in [0.1, 0.15) is 0 Å². The lowest BCUT2D eigenvalue weighted by Gasteiger charge is -2.41. The summed E-state index contributed by atoms with van der Waals surface area (Å²) in [6.07, 6.45) is 1.32. The third kappa shape index (κ3) is 4.26. The van der Waals surface area contributed by atoms with Crippen molar-refractivity contribution >= 4 is 23.8 Å². The predicted molar refractivity (Wildman–Crippen MR) is 81.4 cm³/mol. The van der Waals surface area contributed by atoms with Gasteiger partial charge in [-0.1, -0.05) is 0 Å². The molecule has 2 aliphatic heterocycles. The Morgan fingerprint density at radius 2 is 1.95 bits per heavy atom. The number of aliphatic carboxylic acids is 1. The Balaban J connectivity index is 1.93. The van der Waals surface area contributed by atoms with Crippen LogP contribution in [-0.4, -0.2) is 75.3 Å². The monoisotopic (exact) mass is 316 g/mol. The van der Waals surface area contributed by atoms with Crippen molar-refractivity contribution < 1.29 is 19.8 Å². The first-order valence-corrected chi connectivity index (χ1v) is 8.67. The third-order valence-electron chi connectivity index (χ3n) is 4.38. The van der Waals surface area contributed by atoms with Crippen LogP contribution in [0.5, 0.6) is 0 Å². The number of aliphatic hydroxyl groups excluding tert-OH is 1. The van der Waals surface area contributed by atoms with Gasteiger partial charge < -0.3 is 20.0 Å². The van der Waals surface area contributed by atoms with Crippen LogP contribution in [0.4, 0.5) is 4.79 Å². The molecular formula is C14H24N2O4S. The number of carboxylic acids is 1. The van der Waals surface area contributed by atoms with Crippen LogP contribution in [0.15, 0.2) is 0 Å². The molecule has 0 aromatic carbocycles. The fourth-order valence-electron chi connectivity index (χ4n) is 3.03. The minimum Gasteiger partial charge on any atom is -0.481 e. The largest absolute Gasteiger partial charge is 0.481 e. The van der Waals surface area contributed by atoms with E-state index in [2.05, 4.69) is 0 Å². The van der Waals surface area contributed by atoms with E-state index < -0.39 is 5.97 Å². The van der Waals surface area contributed by atoms with Crippen molar-refractivity contribution in [2.75, 3.05) is 31.1 Å². The lowest BCUT2D eigenvalue weighted by Crippen LogP contribution is -2.54. The number of hydrogen-bond donors (Lipinski definition) is 2. The summed E-state index contributed by atoms with van der Waals surface area (Å²) in [5.41, 5.74) is 0. The highest BCUT2D eigenvalue weighted by Gasteiger charge is 2.33. The summed E-state index contributed by atoms with van der Waals surface area (Å²) in [6, 6.07) is -0.242. The van der Waals surface area contributed by atoms with E-state index in [0.717, 1.165) is 18.6 Å². The molecule has 2 N–H and O–H groups in total. The quantitative estimate of drug-likeness (QED) is 0.814. The summed E-state index contributed by atoms with van der Waals surface area (Å²) in [5.74, 6) is 0.975. The first-order valence-electron chi connectivity index (χ1n) is 7.52. The van der Waals surface area contributed by atoms with Crippen LogP contribution in [0.25, 0.3) is 0 Å². The Morgan fingerprint density at radius 3 is 2.52 bits per heavy atom. The van der Waals surface area contributed by atoms with E-state index in [4.69, 9.17) is 5.11 Å². The Labute approximate surface area is 129 Å². The zero-order valence-electron chi connectivity index (χ0n) is 12.4. The number of amides is 2. The molecule has 0 radical (unpaired) electrons. The summed E-state index contributed by atoms with van der Waals surface area (Å²) in [4.78, 5) is 27.1. The molecule has 21 heavy (non-hydrogen) atoms. The second kappa shape index (κ2) is 7.35. The minimum atomic E-state index is -0.854. The highest BCUT2D eigenvalue weighted by Crippen LogP contribution is 2.24. The highest BCUT2D eigenvalue weighted by atomic mass is 32.2. The van der Waals surface area contributed by atoms with Gasteiger partial charge in [0.15, 0.2) is 0 Å². The number of urea groups is 1. The van der Waals surface area contributed by atoms with Crippen molar-refractivity contribution in [2.24, 2.45) is 5.92 Å². The molecule has 120 valence electrons. The Morgan fingerprint density at radius 1 is 1.29 bits per heavy atom. The third-order valence-corrected chi connectivity index (χ3v) is 5.47. The van der Waals surface area contributed by atoms with Gasteiger partial charge in [-0.3, -0.25) is 4.79 Å². The Bertz CT molecular complexity index is 383. The van der Waals surface area contributed by atoms with Crippen LogP contribution in [0.1, 0.15) is 26.2 Å². The summed E-state index contributed by atoms with van der Waals surface area (Å²) in [5, 5.41) is 18.6. The molecule has 0 spiro atoms. The molecule has 7 heteroatoms. The van der Waals surface area contributed by atoms with Crippen molar-refractivity contribution in [3.8, 4) is 0 Å². The van der Waals surface area contributed by atoms with E-state index in [9.17, 15) is 14.7 Å². The second-order valence-corrected chi connectivity index (χ2v) is 7.02. The van der Waals surface area contributed by atoms with Gasteiger partial charge in [-0.15, -0.1) is 0 Å². The molecule has 2 heterocycles. The molecule has 2 atom stereocenters.